The standard InChI is InChI=1S/C12H17NO4.ClH/c1-13(2)7-9-5-8(12(14)15)6-10(16-3)11(9)17-4;/h5-6H,7H2,1-4H3,(H,14,15);1H. The maximum atomic E-state index is 11.0. The van der Waals surface area contributed by atoms with Crippen LogP contribution in [0, 0.1) is 0 Å². The van der Waals surface area contributed by atoms with Crippen molar-refractivity contribution in [2.75, 3.05) is 28.3 Å². The zero-order chi connectivity index (χ0) is 13.0. The van der Waals surface area contributed by atoms with E-state index in [1.807, 2.05) is 19.0 Å². The smallest absolute Gasteiger partial charge is 0.335 e. The summed E-state index contributed by atoms with van der Waals surface area (Å²) in [5.41, 5.74) is 0.980. The highest BCUT2D eigenvalue weighted by Crippen LogP contribution is 2.33. The molecule has 0 unspecified atom stereocenters. The Kier molecular flexibility index (Phi) is 6.51. The molecule has 0 saturated carbocycles. The first-order chi connectivity index (χ1) is 7.99. The molecule has 0 aliphatic carbocycles. The lowest BCUT2D eigenvalue weighted by Crippen LogP contribution is -2.13. The predicted molar refractivity (Wildman–Crippen MR) is 71.1 cm³/mol. The number of nitrogens with zero attached hydrogens (tertiary/aromatic N) is 1. The summed E-state index contributed by atoms with van der Waals surface area (Å²) >= 11 is 0. The molecule has 1 aromatic rings. The number of benzene rings is 1. The monoisotopic (exact) mass is 275 g/mol. The van der Waals surface area contributed by atoms with Gasteiger partial charge in [0.2, 0.25) is 0 Å². The second-order valence-corrected chi connectivity index (χ2v) is 3.91. The Labute approximate surface area is 113 Å². The minimum atomic E-state index is -0.981. The number of carboxylic acids is 1. The van der Waals surface area contributed by atoms with Gasteiger partial charge in [-0.25, -0.2) is 4.79 Å². The molecule has 0 aliphatic rings. The first-order valence-electron chi connectivity index (χ1n) is 5.12. The number of carbonyl (C=O) groups is 1. The summed E-state index contributed by atoms with van der Waals surface area (Å²) in [6, 6.07) is 3.06. The van der Waals surface area contributed by atoms with Crippen LogP contribution in [0.25, 0.3) is 0 Å². The van der Waals surface area contributed by atoms with Crippen LogP contribution in [-0.2, 0) is 6.54 Å². The van der Waals surface area contributed by atoms with Crippen LogP contribution in [0.4, 0.5) is 0 Å². The van der Waals surface area contributed by atoms with E-state index in [0.717, 1.165) is 5.56 Å². The van der Waals surface area contributed by atoms with Crippen LogP contribution >= 0.6 is 12.4 Å². The quantitative estimate of drug-likeness (QED) is 0.889. The molecule has 0 radical (unpaired) electrons. The number of halogens is 1. The van der Waals surface area contributed by atoms with Gasteiger partial charge in [-0.3, -0.25) is 0 Å². The summed E-state index contributed by atoms with van der Waals surface area (Å²) in [5, 5.41) is 9.02. The van der Waals surface area contributed by atoms with Crippen LogP contribution in [0.3, 0.4) is 0 Å². The molecule has 0 spiro atoms. The fourth-order valence-corrected chi connectivity index (χ4v) is 1.62. The summed E-state index contributed by atoms with van der Waals surface area (Å²) in [5.74, 6) is 0.0291. The summed E-state index contributed by atoms with van der Waals surface area (Å²) in [7, 11) is 6.83. The topological polar surface area (TPSA) is 59.0 Å². The Morgan fingerprint density at radius 2 is 1.89 bits per heavy atom. The van der Waals surface area contributed by atoms with Crippen molar-refractivity contribution in [1.29, 1.82) is 0 Å². The van der Waals surface area contributed by atoms with E-state index in [0.29, 0.717) is 18.0 Å². The number of carboxylic acid groups (broad SMARTS) is 1. The molecule has 0 bridgehead atoms. The van der Waals surface area contributed by atoms with Crippen LogP contribution in [0.1, 0.15) is 15.9 Å². The summed E-state index contributed by atoms with van der Waals surface area (Å²) in [6.45, 7) is 0.584. The lowest BCUT2D eigenvalue weighted by Gasteiger charge is -2.16. The first kappa shape index (κ1) is 16.5. The summed E-state index contributed by atoms with van der Waals surface area (Å²) < 4.78 is 10.4. The molecular weight excluding hydrogens is 258 g/mol. The van der Waals surface area contributed by atoms with Crippen molar-refractivity contribution < 1.29 is 19.4 Å². The van der Waals surface area contributed by atoms with Gasteiger partial charge in [0, 0.05) is 12.1 Å². The summed E-state index contributed by atoms with van der Waals surface area (Å²) in [4.78, 5) is 12.9. The van der Waals surface area contributed by atoms with Gasteiger partial charge in [-0.1, -0.05) is 0 Å². The van der Waals surface area contributed by atoms with Crippen molar-refractivity contribution in [2.45, 2.75) is 6.54 Å². The fraction of sp³-hybridized carbons (Fsp3) is 0.417. The summed E-state index contributed by atoms with van der Waals surface area (Å²) in [6.07, 6.45) is 0. The number of hydrogen-bond acceptors (Lipinski definition) is 4. The molecule has 102 valence electrons. The van der Waals surface area contributed by atoms with Gasteiger partial charge in [0.1, 0.15) is 0 Å². The van der Waals surface area contributed by atoms with Crippen molar-refractivity contribution in [2.24, 2.45) is 0 Å². The highest BCUT2D eigenvalue weighted by atomic mass is 35.5. The number of aromatic carboxylic acids is 1. The molecule has 5 nitrogen and oxygen atoms in total. The van der Waals surface area contributed by atoms with E-state index in [1.54, 1.807) is 6.07 Å². The molecule has 1 N–H and O–H groups in total. The maximum absolute atomic E-state index is 11.0. The Morgan fingerprint density at radius 3 is 2.28 bits per heavy atom. The van der Waals surface area contributed by atoms with E-state index in [2.05, 4.69) is 0 Å². The van der Waals surface area contributed by atoms with Crippen molar-refractivity contribution in [3.63, 3.8) is 0 Å². The second-order valence-electron chi connectivity index (χ2n) is 3.91. The largest absolute Gasteiger partial charge is 0.493 e. The maximum Gasteiger partial charge on any atom is 0.335 e. The van der Waals surface area contributed by atoms with Gasteiger partial charge in [-0.15, -0.1) is 12.4 Å². The average Bonchev–Trinajstić information content (AvgIpc) is 2.26. The van der Waals surface area contributed by atoms with E-state index in [4.69, 9.17) is 14.6 Å². The first-order valence-corrected chi connectivity index (χ1v) is 5.12. The van der Waals surface area contributed by atoms with Crippen molar-refractivity contribution in [3.05, 3.63) is 23.3 Å². The third-order valence-corrected chi connectivity index (χ3v) is 2.29. The minimum absolute atomic E-state index is 0. The molecule has 0 saturated heterocycles. The van der Waals surface area contributed by atoms with Gasteiger partial charge in [0.05, 0.1) is 19.8 Å². The third-order valence-electron chi connectivity index (χ3n) is 2.29. The predicted octanol–water partition coefficient (Wildman–Crippen LogP) is 1.89. The Balaban J connectivity index is 0.00000289. The lowest BCUT2D eigenvalue weighted by atomic mass is 10.1. The molecule has 6 heteroatoms. The molecule has 0 amide bonds. The molecule has 0 aliphatic heterocycles. The zero-order valence-corrected chi connectivity index (χ0v) is 11.7. The van der Waals surface area contributed by atoms with Crippen LogP contribution in [0.15, 0.2) is 12.1 Å². The van der Waals surface area contributed by atoms with E-state index in [-0.39, 0.29) is 18.0 Å². The van der Waals surface area contributed by atoms with E-state index < -0.39 is 5.97 Å². The zero-order valence-electron chi connectivity index (χ0n) is 10.9. The van der Waals surface area contributed by atoms with E-state index >= 15 is 0 Å². The van der Waals surface area contributed by atoms with Crippen molar-refractivity contribution >= 4 is 18.4 Å². The van der Waals surface area contributed by atoms with E-state index in [1.165, 1.54) is 20.3 Å². The number of rotatable bonds is 5. The van der Waals surface area contributed by atoms with E-state index in [9.17, 15) is 4.79 Å². The SMILES string of the molecule is COc1cc(C(=O)O)cc(CN(C)C)c1OC.Cl. The Bertz CT molecular complexity index is 421. The highest BCUT2D eigenvalue weighted by molar-refractivity contribution is 5.89. The van der Waals surface area contributed by atoms with Crippen molar-refractivity contribution in [3.8, 4) is 11.5 Å². The molecule has 18 heavy (non-hydrogen) atoms. The fourth-order valence-electron chi connectivity index (χ4n) is 1.62. The molecule has 1 aromatic carbocycles. The van der Waals surface area contributed by atoms with Crippen LogP contribution in [-0.4, -0.2) is 44.3 Å². The van der Waals surface area contributed by atoms with Crippen LogP contribution < -0.4 is 9.47 Å². The van der Waals surface area contributed by atoms with Gasteiger partial charge in [0.25, 0.3) is 0 Å². The minimum Gasteiger partial charge on any atom is -0.493 e. The average molecular weight is 276 g/mol. The van der Waals surface area contributed by atoms with Gasteiger partial charge >= 0.3 is 5.97 Å². The third kappa shape index (κ3) is 3.78. The number of hydrogen-bond donors (Lipinski definition) is 1. The van der Waals surface area contributed by atoms with Gasteiger partial charge in [0.15, 0.2) is 11.5 Å². The van der Waals surface area contributed by atoms with Crippen molar-refractivity contribution in [1.82, 2.24) is 4.90 Å². The lowest BCUT2D eigenvalue weighted by molar-refractivity contribution is 0.0696. The van der Waals surface area contributed by atoms with Gasteiger partial charge in [-0.05, 0) is 26.2 Å². The Morgan fingerprint density at radius 1 is 1.28 bits per heavy atom. The number of ether oxygens (including phenoxy) is 2. The molecule has 0 heterocycles. The van der Waals surface area contributed by atoms with Gasteiger partial charge < -0.3 is 19.5 Å². The number of methoxy groups -OCH3 is 2. The molecule has 0 atom stereocenters. The van der Waals surface area contributed by atoms with Gasteiger partial charge in [-0.2, -0.15) is 0 Å². The van der Waals surface area contributed by atoms with Crippen LogP contribution in [0.5, 0.6) is 11.5 Å². The Hall–Kier alpha value is -1.46. The highest BCUT2D eigenvalue weighted by Gasteiger charge is 2.15. The van der Waals surface area contributed by atoms with Crippen LogP contribution in [0.2, 0.25) is 0 Å². The normalized spacial score (nSPS) is 9.83. The molecule has 1 rings (SSSR count). The molecule has 0 fully saturated rings. The molecule has 0 aromatic heterocycles. The molecular formula is C12H18ClNO4. The second kappa shape index (κ2) is 7.08.